The normalized spacial score (nSPS) is 16.6. The van der Waals surface area contributed by atoms with Crippen LogP contribution in [0.25, 0.3) is 0 Å². The van der Waals surface area contributed by atoms with Gasteiger partial charge in [0.1, 0.15) is 0 Å². The number of halogens is 1. The molecule has 0 aromatic heterocycles. The minimum absolute atomic E-state index is 0.104. The SMILES string of the molecule is Cc1cc(CNC(=O)C2CCOCC2)ccc1Cl. The molecule has 0 atom stereocenters. The van der Waals surface area contributed by atoms with Gasteiger partial charge in [0.15, 0.2) is 0 Å². The average Bonchev–Trinajstić information content (AvgIpc) is 2.41. The van der Waals surface area contributed by atoms with Gasteiger partial charge in [-0.1, -0.05) is 23.7 Å². The first-order valence-corrected chi connectivity index (χ1v) is 6.65. The largest absolute Gasteiger partial charge is 0.381 e. The van der Waals surface area contributed by atoms with Gasteiger partial charge in [-0.15, -0.1) is 0 Å². The fourth-order valence-corrected chi connectivity index (χ4v) is 2.23. The monoisotopic (exact) mass is 267 g/mol. The van der Waals surface area contributed by atoms with Crippen LogP contribution < -0.4 is 5.32 Å². The average molecular weight is 268 g/mol. The third-order valence-corrected chi connectivity index (χ3v) is 3.71. The Morgan fingerprint density at radius 3 is 2.83 bits per heavy atom. The first-order chi connectivity index (χ1) is 8.66. The van der Waals surface area contributed by atoms with Crippen LogP contribution in [0.3, 0.4) is 0 Å². The molecule has 1 amide bonds. The van der Waals surface area contributed by atoms with E-state index in [0.29, 0.717) is 19.8 Å². The molecule has 1 aliphatic heterocycles. The van der Waals surface area contributed by atoms with Gasteiger partial charge in [0.2, 0.25) is 5.91 Å². The topological polar surface area (TPSA) is 38.3 Å². The van der Waals surface area contributed by atoms with Crippen molar-refractivity contribution in [1.82, 2.24) is 5.32 Å². The van der Waals surface area contributed by atoms with Crippen molar-refractivity contribution >= 4 is 17.5 Å². The van der Waals surface area contributed by atoms with E-state index in [9.17, 15) is 4.79 Å². The van der Waals surface area contributed by atoms with Crippen molar-refractivity contribution in [2.45, 2.75) is 26.3 Å². The lowest BCUT2D eigenvalue weighted by Crippen LogP contribution is -2.33. The third-order valence-electron chi connectivity index (χ3n) is 3.28. The minimum atomic E-state index is 0.104. The highest BCUT2D eigenvalue weighted by Gasteiger charge is 2.20. The Kier molecular flexibility index (Phi) is 4.61. The summed E-state index contributed by atoms with van der Waals surface area (Å²) < 4.78 is 5.25. The standard InChI is InChI=1S/C14H18ClNO2/c1-10-8-11(2-3-13(10)15)9-16-14(17)12-4-6-18-7-5-12/h2-3,8,12H,4-7,9H2,1H3,(H,16,17). The minimum Gasteiger partial charge on any atom is -0.381 e. The summed E-state index contributed by atoms with van der Waals surface area (Å²) >= 11 is 5.96. The lowest BCUT2D eigenvalue weighted by Gasteiger charge is -2.21. The summed E-state index contributed by atoms with van der Waals surface area (Å²) in [5.74, 6) is 0.234. The number of carbonyl (C=O) groups excluding carboxylic acids is 1. The molecule has 1 saturated heterocycles. The van der Waals surface area contributed by atoms with Crippen molar-refractivity contribution in [3.05, 3.63) is 34.3 Å². The van der Waals surface area contributed by atoms with E-state index in [0.717, 1.165) is 29.0 Å². The lowest BCUT2D eigenvalue weighted by molar-refractivity contribution is -0.128. The zero-order valence-corrected chi connectivity index (χ0v) is 11.3. The maximum atomic E-state index is 11.9. The van der Waals surface area contributed by atoms with Crippen molar-refractivity contribution in [2.24, 2.45) is 5.92 Å². The maximum absolute atomic E-state index is 11.9. The Bertz CT molecular complexity index is 428. The van der Waals surface area contributed by atoms with Gasteiger partial charge in [-0.25, -0.2) is 0 Å². The number of aryl methyl sites for hydroxylation is 1. The molecule has 1 heterocycles. The molecule has 2 rings (SSSR count). The summed E-state index contributed by atoms with van der Waals surface area (Å²) in [6.45, 7) is 3.91. The van der Waals surface area contributed by atoms with Crippen LogP contribution in [-0.2, 0) is 16.1 Å². The quantitative estimate of drug-likeness (QED) is 0.914. The van der Waals surface area contributed by atoms with Crippen molar-refractivity contribution < 1.29 is 9.53 Å². The summed E-state index contributed by atoms with van der Waals surface area (Å²) in [5.41, 5.74) is 2.12. The highest BCUT2D eigenvalue weighted by Crippen LogP contribution is 2.17. The lowest BCUT2D eigenvalue weighted by atomic mass is 9.99. The van der Waals surface area contributed by atoms with Crippen molar-refractivity contribution in [1.29, 1.82) is 0 Å². The zero-order chi connectivity index (χ0) is 13.0. The summed E-state index contributed by atoms with van der Waals surface area (Å²) in [6.07, 6.45) is 1.65. The predicted octanol–water partition coefficient (Wildman–Crippen LogP) is 2.69. The van der Waals surface area contributed by atoms with E-state index < -0.39 is 0 Å². The van der Waals surface area contributed by atoms with Crippen molar-refractivity contribution in [3.63, 3.8) is 0 Å². The molecule has 1 fully saturated rings. The van der Waals surface area contributed by atoms with E-state index in [2.05, 4.69) is 5.32 Å². The molecule has 0 radical (unpaired) electrons. The van der Waals surface area contributed by atoms with Gasteiger partial charge in [-0.2, -0.15) is 0 Å². The molecule has 0 bridgehead atoms. The zero-order valence-electron chi connectivity index (χ0n) is 10.5. The number of nitrogens with one attached hydrogen (secondary N) is 1. The number of carbonyl (C=O) groups is 1. The molecule has 4 heteroatoms. The Hall–Kier alpha value is -1.06. The second-order valence-corrected chi connectivity index (χ2v) is 5.10. The van der Waals surface area contributed by atoms with Crippen LogP contribution in [0.2, 0.25) is 5.02 Å². The van der Waals surface area contributed by atoms with Crippen LogP contribution in [0.1, 0.15) is 24.0 Å². The summed E-state index contributed by atoms with van der Waals surface area (Å²) in [6, 6.07) is 5.82. The van der Waals surface area contributed by atoms with E-state index in [1.165, 1.54) is 0 Å². The van der Waals surface area contributed by atoms with Crippen LogP contribution in [0.4, 0.5) is 0 Å². The van der Waals surface area contributed by atoms with E-state index in [-0.39, 0.29) is 11.8 Å². The highest BCUT2D eigenvalue weighted by atomic mass is 35.5. The fourth-order valence-electron chi connectivity index (χ4n) is 2.11. The maximum Gasteiger partial charge on any atom is 0.223 e. The molecular formula is C14H18ClNO2. The molecule has 1 aliphatic rings. The molecule has 1 aromatic carbocycles. The molecule has 0 saturated carbocycles. The summed E-state index contributed by atoms with van der Waals surface area (Å²) in [7, 11) is 0. The first-order valence-electron chi connectivity index (χ1n) is 6.27. The third kappa shape index (κ3) is 3.47. The Morgan fingerprint density at radius 1 is 1.44 bits per heavy atom. The van der Waals surface area contributed by atoms with Crippen LogP contribution in [0.5, 0.6) is 0 Å². The number of ether oxygens (including phenoxy) is 1. The number of hydrogen-bond acceptors (Lipinski definition) is 2. The van der Waals surface area contributed by atoms with Gasteiger partial charge in [-0.05, 0) is 37.0 Å². The highest BCUT2D eigenvalue weighted by molar-refractivity contribution is 6.31. The van der Waals surface area contributed by atoms with Crippen LogP contribution in [-0.4, -0.2) is 19.1 Å². The van der Waals surface area contributed by atoms with E-state index in [4.69, 9.17) is 16.3 Å². The Balaban J connectivity index is 1.86. The van der Waals surface area contributed by atoms with E-state index in [1.54, 1.807) is 0 Å². The molecular weight excluding hydrogens is 250 g/mol. The predicted molar refractivity (Wildman–Crippen MR) is 71.6 cm³/mol. The molecule has 1 aromatic rings. The molecule has 0 aliphatic carbocycles. The molecule has 0 unspecified atom stereocenters. The molecule has 18 heavy (non-hydrogen) atoms. The van der Waals surface area contributed by atoms with Crippen LogP contribution >= 0.6 is 11.6 Å². The van der Waals surface area contributed by atoms with Crippen LogP contribution in [0.15, 0.2) is 18.2 Å². The van der Waals surface area contributed by atoms with Crippen molar-refractivity contribution in [3.8, 4) is 0 Å². The van der Waals surface area contributed by atoms with Crippen LogP contribution in [0, 0.1) is 12.8 Å². The number of benzene rings is 1. The van der Waals surface area contributed by atoms with Gasteiger partial charge < -0.3 is 10.1 Å². The molecule has 98 valence electrons. The molecule has 3 nitrogen and oxygen atoms in total. The number of amides is 1. The molecule has 0 spiro atoms. The summed E-state index contributed by atoms with van der Waals surface area (Å²) in [5, 5.41) is 3.74. The second kappa shape index (κ2) is 6.21. The molecule has 1 N–H and O–H groups in total. The van der Waals surface area contributed by atoms with Gasteiger partial charge >= 0.3 is 0 Å². The number of rotatable bonds is 3. The van der Waals surface area contributed by atoms with Gasteiger partial charge in [-0.3, -0.25) is 4.79 Å². The van der Waals surface area contributed by atoms with Gasteiger partial charge in [0, 0.05) is 30.7 Å². The van der Waals surface area contributed by atoms with Gasteiger partial charge in [0.05, 0.1) is 0 Å². The first kappa shape index (κ1) is 13.4. The number of hydrogen-bond donors (Lipinski definition) is 1. The summed E-state index contributed by atoms with van der Waals surface area (Å²) in [4.78, 5) is 11.9. The van der Waals surface area contributed by atoms with Crippen molar-refractivity contribution in [2.75, 3.05) is 13.2 Å². The fraction of sp³-hybridized carbons (Fsp3) is 0.500. The van der Waals surface area contributed by atoms with Gasteiger partial charge in [0.25, 0.3) is 0 Å². The second-order valence-electron chi connectivity index (χ2n) is 4.69. The van der Waals surface area contributed by atoms with E-state index in [1.807, 2.05) is 25.1 Å². The smallest absolute Gasteiger partial charge is 0.223 e. The van der Waals surface area contributed by atoms with E-state index >= 15 is 0 Å². The Morgan fingerprint density at radius 2 is 2.17 bits per heavy atom. The Labute approximate surface area is 112 Å².